The summed E-state index contributed by atoms with van der Waals surface area (Å²) in [5.41, 5.74) is 1.11. The molecule has 0 saturated carbocycles. The summed E-state index contributed by atoms with van der Waals surface area (Å²) in [5.74, 6) is 1.56. The van der Waals surface area contributed by atoms with Gasteiger partial charge in [-0.1, -0.05) is 12.1 Å². The van der Waals surface area contributed by atoms with Crippen molar-refractivity contribution >= 4 is 17.4 Å². The lowest BCUT2D eigenvalue weighted by molar-refractivity contribution is 0.174. The lowest BCUT2D eigenvalue weighted by Gasteiger charge is -2.24. The zero-order valence-electron chi connectivity index (χ0n) is 13.2. The van der Waals surface area contributed by atoms with Gasteiger partial charge >= 0.3 is 6.03 Å². The number of carbonyl (C=O) groups is 1. The molecular weight excluding hydrogens is 312 g/mol. The largest absolute Gasteiger partial charge is 0.454 e. The molecule has 1 aromatic heterocycles. The molecule has 5 nitrogen and oxygen atoms in total. The van der Waals surface area contributed by atoms with Crippen molar-refractivity contribution in [1.29, 1.82) is 0 Å². The van der Waals surface area contributed by atoms with Crippen LogP contribution in [0.3, 0.4) is 0 Å². The minimum Gasteiger partial charge on any atom is -0.454 e. The second-order valence-corrected chi connectivity index (χ2v) is 6.45. The monoisotopic (exact) mass is 332 g/mol. The van der Waals surface area contributed by atoms with Crippen LogP contribution in [0.4, 0.5) is 4.79 Å². The topological polar surface area (TPSA) is 50.8 Å². The number of rotatable bonds is 5. The molecular formula is C17H20N2O3S. The third-order valence-electron chi connectivity index (χ3n) is 3.98. The Morgan fingerprint density at radius 2 is 2.17 bits per heavy atom. The normalized spacial score (nSPS) is 13.7. The summed E-state index contributed by atoms with van der Waals surface area (Å²) >= 11 is 1.66. The molecule has 2 heterocycles. The predicted octanol–water partition coefficient (Wildman–Crippen LogP) is 3.42. The van der Waals surface area contributed by atoms with E-state index in [2.05, 4.69) is 5.32 Å². The van der Waals surface area contributed by atoms with Crippen molar-refractivity contribution in [1.82, 2.24) is 10.2 Å². The number of urea groups is 1. The molecule has 0 unspecified atom stereocenters. The van der Waals surface area contributed by atoms with Crippen LogP contribution in [0.15, 0.2) is 35.7 Å². The molecule has 3 rings (SSSR count). The minimum absolute atomic E-state index is 0.0633. The van der Waals surface area contributed by atoms with Crippen molar-refractivity contribution in [2.75, 3.05) is 20.4 Å². The number of amides is 2. The number of hydrogen-bond acceptors (Lipinski definition) is 4. The van der Waals surface area contributed by atoms with Gasteiger partial charge in [0.25, 0.3) is 0 Å². The molecule has 23 heavy (non-hydrogen) atoms. The van der Waals surface area contributed by atoms with E-state index in [0.29, 0.717) is 6.54 Å². The maximum Gasteiger partial charge on any atom is 0.317 e. The SMILES string of the molecule is C[C@@H](c1cccs1)N(C)C(=O)NCCc1ccc2c(c1)OCO2. The molecule has 2 amide bonds. The van der Waals surface area contributed by atoms with Crippen molar-refractivity contribution < 1.29 is 14.3 Å². The first kappa shape index (κ1) is 15.7. The van der Waals surface area contributed by atoms with Crippen LogP contribution in [-0.2, 0) is 6.42 Å². The van der Waals surface area contributed by atoms with Crippen LogP contribution in [0.2, 0.25) is 0 Å². The third-order valence-corrected chi connectivity index (χ3v) is 5.03. The molecule has 1 aliphatic rings. The Kier molecular flexibility index (Phi) is 4.71. The van der Waals surface area contributed by atoms with Crippen molar-refractivity contribution in [3.05, 3.63) is 46.2 Å². The maximum absolute atomic E-state index is 12.2. The van der Waals surface area contributed by atoms with E-state index in [0.717, 1.165) is 23.5 Å². The Morgan fingerprint density at radius 1 is 1.35 bits per heavy atom. The van der Waals surface area contributed by atoms with Crippen LogP contribution in [0.5, 0.6) is 11.5 Å². The first-order chi connectivity index (χ1) is 11.1. The molecule has 0 saturated heterocycles. The lowest BCUT2D eigenvalue weighted by Crippen LogP contribution is -2.39. The van der Waals surface area contributed by atoms with Crippen LogP contribution in [-0.4, -0.2) is 31.3 Å². The zero-order chi connectivity index (χ0) is 16.2. The van der Waals surface area contributed by atoms with E-state index in [-0.39, 0.29) is 18.9 Å². The summed E-state index contributed by atoms with van der Waals surface area (Å²) in [4.78, 5) is 15.1. The van der Waals surface area contributed by atoms with Crippen molar-refractivity contribution in [3.8, 4) is 11.5 Å². The van der Waals surface area contributed by atoms with E-state index >= 15 is 0 Å². The summed E-state index contributed by atoms with van der Waals surface area (Å²) in [7, 11) is 1.82. The number of carbonyl (C=O) groups excluding carboxylic acids is 1. The summed E-state index contributed by atoms with van der Waals surface area (Å²) in [6.07, 6.45) is 0.754. The van der Waals surface area contributed by atoms with Gasteiger partial charge in [-0.2, -0.15) is 0 Å². The standard InChI is InChI=1S/C17H20N2O3S/c1-12(16-4-3-9-23-16)19(2)17(20)18-8-7-13-5-6-14-15(10-13)22-11-21-14/h3-6,9-10,12H,7-8,11H2,1-2H3,(H,18,20)/t12-/m0/s1. The fourth-order valence-corrected chi connectivity index (χ4v) is 3.26. The molecule has 0 bridgehead atoms. The number of ether oxygens (including phenoxy) is 2. The van der Waals surface area contributed by atoms with Gasteiger partial charge in [-0.05, 0) is 42.5 Å². The van der Waals surface area contributed by atoms with Gasteiger partial charge in [0.2, 0.25) is 6.79 Å². The molecule has 1 N–H and O–H groups in total. The highest BCUT2D eigenvalue weighted by atomic mass is 32.1. The second kappa shape index (κ2) is 6.91. The molecule has 0 fully saturated rings. The summed E-state index contributed by atoms with van der Waals surface area (Å²) in [5, 5.41) is 4.99. The molecule has 0 radical (unpaired) electrons. The average molecular weight is 332 g/mol. The van der Waals surface area contributed by atoms with Crippen LogP contribution < -0.4 is 14.8 Å². The molecule has 1 aromatic carbocycles. The zero-order valence-corrected chi connectivity index (χ0v) is 14.1. The molecule has 0 aliphatic carbocycles. The van der Waals surface area contributed by atoms with E-state index in [1.807, 2.05) is 49.7 Å². The van der Waals surface area contributed by atoms with E-state index in [1.54, 1.807) is 16.2 Å². The fourth-order valence-electron chi connectivity index (χ4n) is 2.43. The van der Waals surface area contributed by atoms with Gasteiger partial charge in [-0.3, -0.25) is 0 Å². The van der Waals surface area contributed by atoms with Gasteiger partial charge in [0.1, 0.15) is 0 Å². The molecule has 1 aliphatic heterocycles. The molecule has 122 valence electrons. The maximum atomic E-state index is 12.2. The smallest absolute Gasteiger partial charge is 0.317 e. The van der Waals surface area contributed by atoms with E-state index in [1.165, 1.54) is 4.88 Å². The molecule has 1 atom stereocenters. The fraction of sp³-hybridized carbons (Fsp3) is 0.353. The van der Waals surface area contributed by atoms with Crippen LogP contribution >= 0.6 is 11.3 Å². The summed E-state index contributed by atoms with van der Waals surface area (Å²) in [6, 6.07) is 9.93. The van der Waals surface area contributed by atoms with Gasteiger partial charge in [-0.15, -0.1) is 11.3 Å². The number of fused-ring (bicyclic) bond motifs is 1. The first-order valence-corrected chi connectivity index (χ1v) is 8.45. The summed E-state index contributed by atoms with van der Waals surface area (Å²) in [6.45, 7) is 2.89. The Hall–Kier alpha value is -2.21. The van der Waals surface area contributed by atoms with Crippen molar-refractivity contribution in [2.24, 2.45) is 0 Å². The second-order valence-electron chi connectivity index (χ2n) is 5.47. The lowest BCUT2D eigenvalue weighted by atomic mass is 10.1. The number of nitrogens with one attached hydrogen (secondary N) is 1. The number of hydrogen-bond donors (Lipinski definition) is 1. The van der Waals surface area contributed by atoms with Crippen molar-refractivity contribution in [2.45, 2.75) is 19.4 Å². The van der Waals surface area contributed by atoms with Crippen LogP contribution in [0.1, 0.15) is 23.4 Å². The van der Waals surface area contributed by atoms with E-state index in [9.17, 15) is 4.79 Å². The molecule has 2 aromatic rings. The molecule has 6 heteroatoms. The van der Waals surface area contributed by atoms with Gasteiger partial charge in [0.05, 0.1) is 6.04 Å². The highest BCUT2D eigenvalue weighted by Crippen LogP contribution is 2.32. The first-order valence-electron chi connectivity index (χ1n) is 7.58. The van der Waals surface area contributed by atoms with Gasteiger partial charge in [0, 0.05) is 18.5 Å². The highest BCUT2D eigenvalue weighted by molar-refractivity contribution is 7.10. The number of nitrogens with zero attached hydrogens (tertiary/aromatic N) is 1. The Balaban J connectivity index is 1.49. The Bertz CT molecular complexity index is 672. The van der Waals surface area contributed by atoms with Gasteiger partial charge in [-0.25, -0.2) is 4.79 Å². The molecule has 0 spiro atoms. The van der Waals surface area contributed by atoms with E-state index in [4.69, 9.17) is 9.47 Å². The highest BCUT2D eigenvalue weighted by Gasteiger charge is 2.18. The quantitative estimate of drug-likeness (QED) is 0.913. The Morgan fingerprint density at radius 3 is 2.96 bits per heavy atom. The number of thiophene rings is 1. The van der Waals surface area contributed by atoms with Gasteiger partial charge < -0.3 is 19.7 Å². The Labute approximate surface area is 139 Å². The minimum atomic E-state index is -0.0633. The summed E-state index contributed by atoms with van der Waals surface area (Å²) < 4.78 is 10.7. The average Bonchev–Trinajstić information content (AvgIpc) is 3.24. The van der Waals surface area contributed by atoms with Crippen LogP contribution in [0, 0.1) is 0 Å². The predicted molar refractivity (Wildman–Crippen MR) is 90.2 cm³/mol. The van der Waals surface area contributed by atoms with E-state index < -0.39 is 0 Å². The number of benzene rings is 1. The third kappa shape index (κ3) is 3.59. The van der Waals surface area contributed by atoms with Gasteiger partial charge in [0.15, 0.2) is 11.5 Å². The van der Waals surface area contributed by atoms with Crippen LogP contribution in [0.25, 0.3) is 0 Å². The van der Waals surface area contributed by atoms with Crippen molar-refractivity contribution in [3.63, 3.8) is 0 Å².